The lowest BCUT2D eigenvalue weighted by Crippen LogP contribution is -2.03. The molecule has 0 aliphatic rings. The van der Waals surface area contributed by atoms with Crippen LogP contribution in [0, 0.1) is 0 Å². The molecule has 0 bridgehead atoms. The second kappa shape index (κ2) is 5.61. The number of aromatic carboxylic acids is 1. The highest BCUT2D eigenvalue weighted by molar-refractivity contribution is 7.84. The molecule has 0 aliphatic heterocycles. The third kappa shape index (κ3) is 3.98. The predicted molar refractivity (Wildman–Crippen MR) is 64.9 cm³/mol. The summed E-state index contributed by atoms with van der Waals surface area (Å²) in [4.78, 5) is 10.7. The van der Waals surface area contributed by atoms with Gasteiger partial charge in [-0.2, -0.15) is 0 Å². The van der Waals surface area contributed by atoms with Crippen molar-refractivity contribution in [2.45, 2.75) is 12.7 Å². The van der Waals surface area contributed by atoms with Gasteiger partial charge in [-0.25, -0.2) is 4.79 Å². The molecule has 1 aromatic rings. The van der Waals surface area contributed by atoms with Crippen LogP contribution in [0.1, 0.15) is 22.8 Å². The van der Waals surface area contributed by atoms with Crippen molar-refractivity contribution in [2.24, 2.45) is 0 Å². The summed E-state index contributed by atoms with van der Waals surface area (Å²) in [6.07, 6.45) is 0. The van der Waals surface area contributed by atoms with Gasteiger partial charge in [0.15, 0.2) is 0 Å². The number of hydrogen-bond acceptors (Lipinski definition) is 2. The maximum Gasteiger partial charge on any atom is 0.335 e. The quantitative estimate of drug-likeness (QED) is 0.800. The Morgan fingerprint density at radius 2 is 2.19 bits per heavy atom. The first-order valence-electron chi connectivity index (χ1n) is 4.80. The maximum absolute atomic E-state index is 11.6. The molecule has 0 saturated heterocycles. The van der Waals surface area contributed by atoms with Crippen molar-refractivity contribution in [3.8, 4) is 0 Å². The minimum absolute atomic E-state index is 0.227. The van der Waals surface area contributed by atoms with Crippen LogP contribution < -0.4 is 0 Å². The molecule has 0 amide bonds. The minimum Gasteiger partial charge on any atom is -0.478 e. The molecule has 1 rings (SSSR count). The van der Waals surface area contributed by atoms with E-state index in [-0.39, 0.29) is 5.56 Å². The molecular weight excluding hydrogens is 224 g/mol. The lowest BCUT2D eigenvalue weighted by molar-refractivity contribution is 0.0697. The fourth-order valence-electron chi connectivity index (χ4n) is 1.31. The summed E-state index contributed by atoms with van der Waals surface area (Å²) in [6.45, 7) is 5.52. The van der Waals surface area contributed by atoms with Gasteiger partial charge in [0.1, 0.15) is 0 Å². The SMILES string of the molecule is C=C(C)CS(=O)Cc1cccc(C(=O)O)c1. The summed E-state index contributed by atoms with van der Waals surface area (Å²) in [7, 11) is -1.02. The molecule has 1 N–H and O–H groups in total. The van der Waals surface area contributed by atoms with Crippen LogP contribution in [0.25, 0.3) is 0 Å². The first-order chi connectivity index (χ1) is 7.49. The van der Waals surface area contributed by atoms with E-state index < -0.39 is 16.8 Å². The summed E-state index contributed by atoms with van der Waals surface area (Å²) >= 11 is 0. The predicted octanol–water partition coefficient (Wildman–Crippen LogP) is 2.21. The van der Waals surface area contributed by atoms with E-state index in [1.54, 1.807) is 18.2 Å². The smallest absolute Gasteiger partial charge is 0.335 e. The Hall–Kier alpha value is -1.42. The molecule has 1 aromatic carbocycles. The van der Waals surface area contributed by atoms with Crippen molar-refractivity contribution >= 4 is 16.8 Å². The molecule has 16 heavy (non-hydrogen) atoms. The van der Waals surface area contributed by atoms with E-state index in [4.69, 9.17) is 5.11 Å². The van der Waals surface area contributed by atoms with Crippen molar-refractivity contribution in [1.29, 1.82) is 0 Å². The summed E-state index contributed by atoms with van der Waals surface area (Å²) in [5.74, 6) is -0.141. The molecule has 0 spiro atoms. The zero-order valence-electron chi connectivity index (χ0n) is 9.10. The van der Waals surface area contributed by atoms with Crippen molar-refractivity contribution in [3.63, 3.8) is 0 Å². The third-order valence-electron chi connectivity index (χ3n) is 1.91. The maximum atomic E-state index is 11.6. The largest absolute Gasteiger partial charge is 0.478 e. The van der Waals surface area contributed by atoms with Crippen molar-refractivity contribution in [3.05, 3.63) is 47.5 Å². The lowest BCUT2D eigenvalue weighted by Gasteiger charge is -2.03. The van der Waals surface area contributed by atoms with Crippen molar-refractivity contribution in [2.75, 3.05) is 5.75 Å². The second-order valence-electron chi connectivity index (χ2n) is 3.69. The number of carboxylic acids is 1. The second-order valence-corrected chi connectivity index (χ2v) is 5.15. The van der Waals surface area contributed by atoms with Crippen LogP contribution in [-0.2, 0) is 16.6 Å². The molecule has 3 nitrogen and oxygen atoms in total. The normalized spacial score (nSPS) is 12.1. The van der Waals surface area contributed by atoms with E-state index >= 15 is 0 Å². The fraction of sp³-hybridized carbons (Fsp3) is 0.250. The monoisotopic (exact) mass is 238 g/mol. The Balaban J connectivity index is 2.74. The first-order valence-corrected chi connectivity index (χ1v) is 6.29. The summed E-state index contributed by atoms with van der Waals surface area (Å²) in [6, 6.07) is 6.52. The van der Waals surface area contributed by atoms with Crippen LogP contribution in [0.3, 0.4) is 0 Å². The summed E-state index contributed by atoms with van der Waals surface area (Å²) in [5, 5.41) is 8.80. The lowest BCUT2D eigenvalue weighted by atomic mass is 10.1. The molecule has 0 aromatic heterocycles. The van der Waals surface area contributed by atoms with Gasteiger partial charge in [0.2, 0.25) is 0 Å². The van der Waals surface area contributed by atoms with Crippen molar-refractivity contribution < 1.29 is 14.1 Å². The molecule has 4 heteroatoms. The van der Waals surface area contributed by atoms with E-state index in [1.165, 1.54) is 6.07 Å². The highest BCUT2D eigenvalue weighted by Gasteiger charge is 2.06. The molecule has 0 radical (unpaired) electrons. The van der Waals surface area contributed by atoms with Gasteiger partial charge in [0.05, 0.1) is 5.56 Å². The molecule has 0 fully saturated rings. The average molecular weight is 238 g/mol. The first kappa shape index (κ1) is 12.6. The number of carbonyl (C=O) groups is 1. The molecule has 0 heterocycles. The highest BCUT2D eigenvalue weighted by atomic mass is 32.2. The Morgan fingerprint density at radius 3 is 2.75 bits per heavy atom. The van der Waals surface area contributed by atoms with Gasteiger partial charge in [-0.3, -0.25) is 4.21 Å². The van der Waals surface area contributed by atoms with Gasteiger partial charge in [-0.15, -0.1) is 0 Å². The Kier molecular flexibility index (Phi) is 4.43. The topological polar surface area (TPSA) is 54.4 Å². The molecule has 0 aliphatic carbocycles. The molecule has 0 saturated carbocycles. The Bertz CT molecular complexity index is 438. The van der Waals surface area contributed by atoms with Crippen molar-refractivity contribution in [1.82, 2.24) is 0 Å². The Morgan fingerprint density at radius 1 is 1.50 bits per heavy atom. The average Bonchev–Trinajstić information content (AvgIpc) is 2.16. The molecule has 86 valence electrons. The molecule has 1 atom stereocenters. The minimum atomic E-state index is -1.02. The van der Waals surface area contributed by atoms with Crippen LogP contribution in [0.5, 0.6) is 0 Å². The fourth-order valence-corrected chi connectivity index (χ4v) is 2.51. The van der Waals surface area contributed by atoms with Crippen LogP contribution in [-0.4, -0.2) is 21.0 Å². The van der Waals surface area contributed by atoms with E-state index in [0.29, 0.717) is 11.5 Å². The van der Waals surface area contributed by atoms with Crippen LogP contribution in [0.2, 0.25) is 0 Å². The number of hydrogen-bond donors (Lipinski definition) is 1. The van der Waals surface area contributed by atoms with E-state index in [2.05, 4.69) is 6.58 Å². The molecule has 1 unspecified atom stereocenters. The van der Waals surface area contributed by atoms with Gasteiger partial charge in [0.25, 0.3) is 0 Å². The van der Waals surface area contributed by atoms with Crippen LogP contribution in [0.15, 0.2) is 36.4 Å². The van der Waals surface area contributed by atoms with Gasteiger partial charge >= 0.3 is 5.97 Å². The summed E-state index contributed by atoms with van der Waals surface area (Å²) in [5.41, 5.74) is 1.87. The van der Waals surface area contributed by atoms with Gasteiger partial charge < -0.3 is 5.11 Å². The summed E-state index contributed by atoms with van der Waals surface area (Å²) < 4.78 is 11.6. The third-order valence-corrected chi connectivity index (χ3v) is 3.38. The van der Waals surface area contributed by atoms with Gasteiger partial charge in [0, 0.05) is 22.3 Å². The van der Waals surface area contributed by atoms with Gasteiger partial charge in [-0.1, -0.05) is 24.3 Å². The standard InChI is InChI=1S/C12H14O3S/c1-9(2)7-16(15)8-10-4-3-5-11(6-10)12(13)14/h3-6H,1,7-8H2,2H3,(H,13,14). The highest BCUT2D eigenvalue weighted by Crippen LogP contribution is 2.09. The number of benzene rings is 1. The van der Waals surface area contributed by atoms with E-state index in [1.807, 2.05) is 6.92 Å². The number of rotatable bonds is 5. The van der Waals surface area contributed by atoms with Crippen LogP contribution in [0.4, 0.5) is 0 Å². The van der Waals surface area contributed by atoms with E-state index in [9.17, 15) is 9.00 Å². The van der Waals surface area contributed by atoms with Crippen LogP contribution >= 0.6 is 0 Å². The molecular formula is C12H14O3S. The zero-order valence-corrected chi connectivity index (χ0v) is 9.92. The number of carboxylic acid groups (broad SMARTS) is 1. The van der Waals surface area contributed by atoms with E-state index in [0.717, 1.165) is 11.1 Å². The van der Waals surface area contributed by atoms with Gasteiger partial charge in [-0.05, 0) is 24.6 Å². The zero-order chi connectivity index (χ0) is 12.1. The Labute approximate surface area is 97.3 Å².